The summed E-state index contributed by atoms with van der Waals surface area (Å²) in [7, 11) is 0. The third kappa shape index (κ3) is 3.84. The Bertz CT molecular complexity index is 1370. The average Bonchev–Trinajstić information content (AvgIpc) is 3.38. The van der Waals surface area contributed by atoms with Crippen LogP contribution in [0.5, 0.6) is 0 Å². The summed E-state index contributed by atoms with van der Waals surface area (Å²) >= 11 is 2.66. The highest BCUT2D eigenvalue weighted by atomic mass is 32.1. The molecule has 3 heterocycles. The van der Waals surface area contributed by atoms with Crippen molar-refractivity contribution in [2.24, 2.45) is 0 Å². The zero-order chi connectivity index (χ0) is 22.2. The van der Waals surface area contributed by atoms with Crippen molar-refractivity contribution in [1.82, 2.24) is 14.5 Å². The molecule has 32 heavy (non-hydrogen) atoms. The van der Waals surface area contributed by atoms with Crippen LogP contribution in [-0.4, -0.2) is 20.4 Å². The fraction of sp³-hybridized carbons (Fsp3) is 0.273. The molecule has 6 nitrogen and oxygen atoms in total. The van der Waals surface area contributed by atoms with Gasteiger partial charge in [-0.3, -0.25) is 14.2 Å². The van der Waals surface area contributed by atoms with Gasteiger partial charge in [-0.05, 0) is 43.4 Å². The minimum Gasteiger partial charge on any atom is -0.302 e. The predicted octanol–water partition coefficient (Wildman–Crippen LogP) is 4.77. The minimum atomic E-state index is -0.717. The van der Waals surface area contributed by atoms with Gasteiger partial charge in [0.25, 0.3) is 5.56 Å². The van der Waals surface area contributed by atoms with Crippen molar-refractivity contribution in [3.63, 3.8) is 0 Å². The molecule has 0 aliphatic heterocycles. The van der Waals surface area contributed by atoms with E-state index in [0.717, 1.165) is 59.5 Å². The molecular formula is C22H18F2N4O2S2. The van der Waals surface area contributed by atoms with E-state index in [1.165, 1.54) is 27.2 Å². The fourth-order valence-electron chi connectivity index (χ4n) is 3.93. The maximum atomic E-state index is 13.9. The number of benzene rings is 1. The van der Waals surface area contributed by atoms with Gasteiger partial charge in [0.1, 0.15) is 16.5 Å². The number of hydrogen-bond donors (Lipinski definition) is 1. The SMILES string of the molecule is O=C(CCn1cnc2sc3c(c2c1=O)CCCC3)Nc1nc(-c2c(F)cccc2F)cs1. The molecule has 5 rings (SSSR count). The summed E-state index contributed by atoms with van der Waals surface area (Å²) in [5.74, 6) is -1.78. The fourth-order valence-corrected chi connectivity index (χ4v) is 5.87. The summed E-state index contributed by atoms with van der Waals surface area (Å²) < 4.78 is 29.4. The summed E-state index contributed by atoms with van der Waals surface area (Å²) in [4.78, 5) is 35.9. The first-order chi connectivity index (χ1) is 15.5. The molecule has 0 unspecified atom stereocenters. The Balaban J connectivity index is 1.29. The summed E-state index contributed by atoms with van der Waals surface area (Å²) in [5.41, 5.74) is 0.889. The third-order valence-corrected chi connectivity index (χ3v) is 7.45. The second-order valence-electron chi connectivity index (χ2n) is 7.57. The molecule has 164 valence electrons. The Morgan fingerprint density at radius 1 is 1.19 bits per heavy atom. The topological polar surface area (TPSA) is 76.9 Å². The highest BCUT2D eigenvalue weighted by Gasteiger charge is 2.20. The number of aryl methyl sites for hydroxylation is 3. The van der Waals surface area contributed by atoms with Crippen LogP contribution in [0.25, 0.3) is 21.5 Å². The van der Waals surface area contributed by atoms with E-state index < -0.39 is 11.6 Å². The molecule has 10 heteroatoms. The number of hydrogen-bond acceptors (Lipinski definition) is 6. The third-order valence-electron chi connectivity index (χ3n) is 5.49. The molecule has 1 aliphatic rings. The number of thiazole rings is 1. The number of carbonyl (C=O) groups is 1. The van der Waals surface area contributed by atoms with E-state index in [2.05, 4.69) is 15.3 Å². The van der Waals surface area contributed by atoms with E-state index in [1.807, 2.05) is 0 Å². The smallest absolute Gasteiger partial charge is 0.262 e. The molecule has 1 aromatic carbocycles. The predicted molar refractivity (Wildman–Crippen MR) is 121 cm³/mol. The van der Waals surface area contributed by atoms with Crippen molar-refractivity contribution in [2.75, 3.05) is 5.32 Å². The van der Waals surface area contributed by atoms with Gasteiger partial charge in [0.05, 0.1) is 23.0 Å². The Hall–Kier alpha value is -2.98. The number of amides is 1. The van der Waals surface area contributed by atoms with E-state index >= 15 is 0 Å². The molecule has 0 bridgehead atoms. The largest absolute Gasteiger partial charge is 0.302 e. The molecule has 1 amide bonds. The first kappa shape index (κ1) is 20.9. The molecule has 4 aromatic rings. The van der Waals surface area contributed by atoms with Crippen LogP contribution < -0.4 is 10.9 Å². The molecule has 1 aliphatic carbocycles. The van der Waals surface area contributed by atoms with Gasteiger partial charge in [0.15, 0.2) is 5.13 Å². The van der Waals surface area contributed by atoms with Crippen molar-refractivity contribution in [2.45, 2.75) is 38.6 Å². The first-order valence-electron chi connectivity index (χ1n) is 10.2. The number of halogens is 2. The summed E-state index contributed by atoms with van der Waals surface area (Å²) in [6, 6.07) is 3.59. The summed E-state index contributed by atoms with van der Waals surface area (Å²) in [6.07, 6.45) is 5.62. The van der Waals surface area contributed by atoms with Gasteiger partial charge in [0.2, 0.25) is 5.91 Å². The number of nitrogens with zero attached hydrogens (tertiary/aromatic N) is 3. The van der Waals surface area contributed by atoms with Gasteiger partial charge in [-0.15, -0.1) is 22.7 Å². The standard InChI is InChI=1S/C22H18F2N4O2S2/c23-13-5-3-6-14(24)19(13)15-10-31-22(26-15)27-17(29)8-9-28-11-25-20-18(21(28)30)12-4-1-2-7-16(12)32-20/h3,5-6,10-11H,1-2,4,7-9H2,(H,26,27,29). The van der Waals surface area contributed by atoms with Crippen LogP contribution in [-0.2, 0) is 24.2 Å². The van der Waals surface area contributed by atoms with Crippen molar-refractivity contribution in [3.8, 4) is 11.3 Å². The highest BCUT2D eigenvalue weighted by Crippen LogP contribution is 2.33. The molecule has 0 spiro atoms. The Morgan fingerprint density at radius 3 is 2.78 bits per heavy atom. The molecule has 3 aromatic heterocycles. The van der Waals surface area contributed by atoms with Crippen LogP contribution in [0, 0.1) is 11.6 Å². The Morgan fingerprint density at radius 2 is 1.97 bits per heavy atom. The van der Waals surface area contributed by atoms with Gasteiger partial charge < -0.3 is 5.32 Å². The average molecular weight is 473 g/mol. The zero-order valence-electron chi connectivity index (χ0n) is 16.9. The highest BCUT2D eigenvalue weighted by molar-refractivity contribution is 7.18. The molecule has 0 fully saturated rings. The van der Waals surface area contributed by atoms with Gasteiger partial charge >= 0.3 is 0 Å². The maximum absolute atomic E-state index is 13.9. The number of fused-ring (bicyclic) bond motifs is 3. The van der Waals surface area contributed by atoms with Gasteiger partial charge in [0, 0.05) is 23.2 Å². The number of aromatic nitrogens is 3. The lowest BCUT2D eigenvalue weighted by molar-refractivity contribution is -0.116. The van der Waals surface area contributed by atoms with E-state index in [4.69, 9.17) is 0 Å². The molecular weight excluding hydrogens is 454 g/mol. The van der Waals surface area contributed by atoms with Crippen molar-refractivity contribution in [3.05, 3.63) is 62.3 Å². The van der Waals surface area contributed by atoms with Crippen LogP contribution in [0.15, 0.2) is 34.7 Å². The zero-order valence-corrected chi connectivity index (χ0v) is 18.5. The molecule has 0 saturated heterocycles. The Labute approximate surface area is 189 Å². The van der Waals surface area contributed by atoms with Gasteiger partial charge in [-0.2, -0.15) is 0 Å². The van der Waals surface area contributed by atoms with E-state index in [9.17, 15) is 18.4 Å². The molecule has 0 saturated carbocycles. The van der Waals surface area contributed by atoms with Crippen LogP contribution in [0.2, 0.25) is 0 Å². The van der Waals surface area contributed by atoms with Crippen molar-refractivity contribution in [1.29, 1.82) is 0 Å². The van der Waals surface area contributed by atoms with E-state index in [-0.39, 0.29) is 40.8 Å². The lowest BCUT2D eigenvalue weighted by atomic mass is 9.97. The van der Waals surface area contributed by atoms with Gasteiger partial charge in [-0.25, -0.2) is 18.7 Å². The molecule has 0 radical (unpaired) electrons. The quantitative estimate of drug-likeness (QED) is 0.454. The number of rotatable bonds is 5. The Kier molecular flexibility index (Phi) is 5.56. The van der Waals surface area contributed by atoms with Crippen LogP contribution in [0.3, 0.4) is 0 Å². The second kappa shape index (κ2) is 8.51. The minimum absolute atomic E-state index is 0.0440. The number of nitrogens with one attached hydrogen (secondary N) is 1. The lowest BCUT2D eigenvalue weighted by Gasteiger charge is -2.10. The second-order valence-corrected chi connectivity index (χ2v) is 9.51. The van der Waals surface area contributed by atoms with Crippen LogP contribution >= 0.6 is 22.7 Å². The number of carbonyl (C=O) groups excluding carboxylic acids is 1. The van der Waals surface area contributed by atoms with Crippen LogP contribution in [0.1, 0.15) is 29.7 Å². The maximum Gasteiger partial charge on any atom is 0.262 e. The monoisotopic (exact) mass is 472 g/mol. The van der Waals surface area contributed by atoms with Crippen molar-refractivity contribution >= 4 is 43.9 Å². The first-order valence-corrected chi connectivity index (χ1v) is 11.9. The summed E-state index contributed by atoms with van der Waals surface area (Å²) in [6.45, 7) is 0.179. The van der Waals surface area contributed by atoms with Gasteiger partial charge in [-0.1, -0.05) is 6.07 Å². The summed E-state index contributed by atoms with van der Waals surface area (Å²) in [5, 5.41) is 5.04. The number of thiophene rings is 1. The van der Waals surface area contributed by atoms with E-state index in [0.29, 0.717) is 5.39 Å². The normalized spacial score (nSPS) is 13.3. The lowest BCUT2D eigenvalue weighted by Crippen LogP contribution is -2.24. The van der Waals surface area contributed by atoms with Crippen molar-refractivity contribution < 1.29 is 13.6 Å². The van der Waals surface area contributed by atoms with E-state index in [1.54, 1.807) is 11.3 Å². The number of anilines is 1. The molecule has 0 atom stereocenters. The van der Waals surface area contributed by atoms with Crippen LogP contribution in [0.4, 0.5) is 13.9 Å². The molecule has 1 N–H and O–H groups in total.